The van der Waals surface area contributed by atoms with E-state index in [1.54, 1.807) is 0 Å². The van der Waals surface area contributed by atoms with Crippen LogP contribution in [-0.2, 0) is 4.74 Å². The van der Waals surface area contributed by atoms with Crippen molar-refractivity contribution in [2.24, 2.45) is 5.73 Å². The minimum Gasteiger partial charge on any atom is -0.372 e. The highest BCUT2D eigenvalue weighted by molar-refractivity contribution is 9.10. The molecule has 1 rings (SSSR count). The first-order chi connectivity index (χ1) is 9.20. The van der Waals surface area contributed by atoms with Crippen molar-refractivity contribution in [1.29, 1.82) is 0 Å². The third kappa shape index (κ3) is 5.64. The van der Waals surface area contributed by atoms with Gasteiger partial charge in [-0.1, -0.05) is 67.2 Å². The summed E-state index contributed by atoms with van der Waals surface area (Å²) in [6.07, 6.45) is 5.79. The predicted octanol–water partition coefficient (Wildman–Crippen LogP) is 4.82. The van der Waals surface area contributed by atoms with Crippen molar-refractivity contribution in [3.63, 3.8) is 0 Å². The Kier molecular flexibility index (Phi) is 8.35. The lowest BCUT2D eigenvalue weighted by Gasteiger charge is -2.25. The molecule has 0 spiro atoms. The van der Waals surface area contributed by atoms with Crippen molar-refractivity contribution in [2.75, 3.05) is 6.61 Å². The second-order valence-electron chi connectivity index (χ2n) is 4.95. The number of rotatable bonds is 9. The third-order valence-electron chi connectivity index (χ3n) is 3.37. The van der Waals surface area contributed by atoms with E-state index in [-0.39, 0.29) is 12.1 Å². The fraction of sp³-hybridized carbons (Fsp3) is 0.625. The minimum absolute atomic E-state index is 0.0119. The summed E-state index contributed by atoms with van der Waals surface area (Å²) >= 11 is 3.59. The molecule has 0 saturated heterocycles. The van der Waals surface area contributed by atoms with Gasteiger partial charge in [0.25, 0.3) is 0 Å². The monoisotopic (exact) mass is 327 g/mol. The maximum Gasteiger partial charge on any atom is 0.0986 e. The zero-order chi connectivity index (χ0) is 14.1. The molecule has 0 aliphatic carbocycles. The fourth-order valence-electron chi connectivity index (χ4n) is 2.10. The van der Waals surface area contributed by atoms with Crippen molar-refractivity contribution < 1.29 is 4.74 Å². The molecule has 2 atom stereocenters. The van der Waals surface area contributed by atoms with Crippen molar-refractivity contribution in [3.8, 4) is 0 Å². The molecule has 0 aliphatic rings. The molecule has 0 aliphatic heterocycles. The topological polar surface area (TPSA) is 35.2 Å². The predicted molar refractivity (Wildman–Crippen MR) is 85.2 cm³/mol. The van der Waals surface area contributed by atoms with Gasteiger partial charge in [-0.05, 0) is 24.5 Å². The first-order valence-electron chi connectivity index (χ1n) is 7.32. The number of hydrogen-bond donors (Lipinski definition) is 1. The SMILES string of the molecule is CCCCCCOC(c1ccccc1Br)C(N)CC. The molecule has 0 fully saturated rings. The molecule has 0 radical (unpaired) electrons. The van der Waals surface area contributed by atoms with Crippen LogP contribution in [0.2, 0.25) is 0 Å². The molecule has 3 heteroatoms. The quantitative estimate of drug-likeness (QED) is 0.659. The molecular weight excluding hydrogens is 302 g/mol. The maximum absolute atomic E-state index is 6.21. The summed E-state index contributed by atoms with van der Waals surface area (Å²) in [5, 5.41) is 0. The van der Waals surface area contributed by atoms with Crippen LogP contribution in [0.1, 0.15) is 57.6 Å². The lowest BCUT2D eigenvalue weighted by Crippen LogP contribution is -2.30. The van der Waals surface area contributed by atoms with Crippen molar-refractivity contribution in [1.82, 2.24) is 0 Å². The number of benzene rings is 1. The van der Waals surface area contributed by atoms with Gasteiger partial charge in [-0.25, -0.2) is 0 Å². The van der Waals surface area contributed by atoms with Gasteiger partial charge in [-0.3, -0.25) is 0 Å². The molecule has 0 heterocycles. The van der Waals surface area contributed by atoms with Gasteiger partial charge in [0, 0.05) is 17.1 Å². The van der Waals surface area contributed by atoms with Gasteiger partial charge in [0.05, 0.1) is 6.10 Å². The molecule has 108 valence electrons. The van der Waals surface area contributed by atoms with E-state index in [2.05, 4.69) is 35.8 Å². The Bertz CT molecular complexity index is 356. The van der Waals surface area contributed by atoms with Crippen LogP contribution in [-0.4, -0.2) is 12.6 Å². The Balaban J connectivity index is 2.60. The molecule has 1 aromatic rings. The average Bonchev–Trinajstić information content (AvgIpc) is 2.43. The maximum atomic E-state index is 6.21. The number of halogens is 1. The van der Waals surface area contributed by atoms with Crippen molar-refractivity contribution in [3.05, 3.63) is 34.3 Å². The van der Waals surface area contributed by atoms with Crippen molar-refractivity contribution >= 4 is 15.9 Å². The van der Waals surface area contributed by atoms with E-state index in [4.69, 9.17) is 10.5 Å². The Morgan fingerprint density at radius 1 is 1.16 bits per heavy atom. The molecule has 1 aromatic carbocycles. The zero-order valence-electron chi connectivity index (χ0n) is 12.1. The Morgan fingerprint density at radius 3 is 2.53 bits per heavy atom. The molecular formula is C16H26BrNO. The van der Waals surface area contributed by atoms with E-state index in [0.29, 0.717) is 0 Å². The van der Waals surface area contributed by atoms with Crippen LogP contribution < -0.4 is 5.73 Å². The van der Waals surface area contributed by atoms with Gasteiger partial charge in [0.1, 0.15) is 0 Å². The summed E-state index contributed by atoms with van der Waals surface area (Å²) in [4.78, 5) is 0. The summed E-state index contributed by atoms with van der Waals surface area (Å²) in [5.74, 6) is 0. The van der Waals surface area contributed by atoms with Gasteiger partial charge in [0.2, 0.25) is 0 Å². The lowest BCUT2D eigenvalue weighted by atomic mass is 10.0. The molecule has 2 N–H and O–H groups in total. The van der Waals surface area contributed by atoms with Crippen LogP contribution in [0, 0.1) is 0 Å². The molecule has 0 aromatic heterocycles. The van der Waals surface area contributed by atoms with Crippen molar-refractivity contribution in [2.45, 2.75) is 58.1 Å². The second-order valence-corrected chi connectivity index (χ2v) is 5.80. The fourth-order valence-corrected chi connectivity index (χ4v) is 2.61. The van der Waals surface area contributed by atoms with Crippen LogP contribution in [0.4, 0.5) is 0 Å². The highest BCUT2D eigenvalue weighted by atomic mass is 79.9. The van der Waals surface area contributed by atoms with Crippen LogP contribution in [0.5, 0.6) is 0 Å². The molecule has 2 unspecified atom stereocenters. The summed E-state index contributed by atoms with van der Waals surface area (Å²) in [6.45, 7) is 5.12. The highest BCUT2D eigenvalue weighted by Crippen LogP contribution is 2.29. The molecule has 2 nitrogen and oxygen atoms in total. The van der Waals surface area contributed by atoms with E-state index in [9.17, 15) is 0 Å². The summed E-state index contributed by atoms with van der Waals surface area (Å²) < 4.78 is 7.13. The van der Waals surface area contributed by atoms with E-state index in [1.165, 1.54) is 19.3 Å². The van der Waals surface area contributed by atoms with Gasteiger partial charge >= 0.3 is 0 Å². The molecule has 0 amide bonds. The van der Waals surface area contributed by atoms with Gasteiger partial charge in [-0.2, -0.15) is 0 Å². The van der Waals surface area contributed by atoms with E-state index in [0.717, 1.165) is 29.5 Å². The second kappa shape index (κ2) is 9.51. The largest absolute Gasteiger partial charge is 0.372 e. The van der Waals surface area contributed by atoms with Crippen LogP contribution in [0.25, 0.3) is 0 Å². The van der Waals surface area contributed by atoms with E-state index >= 15 is 0 Å². The first kappa shape index (κ1) is 16.7. The average molecular weight is 328 g/mol. The highest BCUT2D eigenvalue weighted by Gasteiger charge is 2.20. The number of nitrogens with two attached hydrogens (primary N) is 1. The number of unbranched alkanes of at least 4 members (excludes halogenated alkanes) is 3. The van der Waals surface area contributed by atoms with E-state index in [1.807, 2.05) is 18.2 Å². The third-order valence-corrected chi connectivity index (χ3v) is 4.09. The smallest absolute Gasteiger partial charge is 0.0986 e. The summed E-state index contributed by atoms with van der Waals surface area (Å²) in [7, 11) is 0. The standard InChI is InChI=1S/C16H26BrNO/c1-3-5-6-9-12-19-16(15(18)4-2)13-10-7-8-11-14(13)17/h7-8,10-11,15-16H,3-6,9,12,18H2,1-2H3. The summed E-state index contributed by atoms with van der Waals surface area (Å²) in [6, 6.07) is 8.24. The Hall–Kier alpha value is -0.380. The molecule has 0 saturated carbocycles. The van der Waals surface area contributed by atoms with Gasteiger partial charge < -0.3 is 10.5 Å². The van der Waals surface area contributed by atoms with Crippen LogP contribution >= 0.6 is 15.9 Å². The summed E-state index contributed by atoms with van der Waals surface area (Å²) in [5.41, 5.74) is 7.37. The lowest BCUT2D eigenvalue weighted by molar-refractivity contribution is 0.0307. The van der Waals surface area contributed by atoms with Gasteiger partial charge in [0.15, 0.2) is 0 Å². The van der Waals surface area contributed by atoms with Crippen LogP contribution in [0.3, 0.4) is 0 Å². The zero-order valence-corrected chi connectivity index (χ0v) is 13.7. The first-order valence-corrected chi connectivity index (χ1v) is 8.11. The normalized spacial score (nSPS) is 14.3. The van der Waals surface area contributed by atoms with Crippen LogP contribution in [0.15, 0.2) is 28.7 Å². The number of ether oxygens (including phenoxy) is 1. The van der Waals surface area contributed by atoms with E-state index < -0.39 is 0 Å². The molecule has 19 heavy (non-hydrogen) atoms. The van der Waals surface area contributed by atoms with Gasteiger partial charge in [-0.15, -0.1) is 0 Å². The Morgan fingerprint density at radius 2 is 1.89 bits per heavy atom. The molecule has 0 bridgehead atoms. The minimum atomic E-state index is -0.0119. The Labute approximate surface area is 125 Å². The number of hydrogen-bond acceptors (Lipinski definition) is 2.